The van der Waals surface area contributed by atoms with Crippen LogP contribution in [0.1, 0.15) is 33.6 Å². The molecule has 1 heterocycles. The highest BCUT2D eigenvalue weighted by Gasteiger charge is 2.10. The van der Waals surface area contributed by atoms with Crippen LogP contribution in [0.4, 0.5) is 11.9 Å². The summed E-state index contributed by atoms with van der Waals surface area (Å²) < 4.78 is 5.48. The number of nitrogens with one attached hydrogen (secondary N) is 1. The van der Waals surface area contributed by atoms with Crippen molar-refractivity contribution in [2.24, 2.45) is 0 Å². The molecule has 6 nitrogen and oxygen atoms in total. The number of hydrogen-bond donors (Lipinski definition) is 1. The van der Waals surface area contributed by atoms with Crippen LogP contribution >= 0.6 is 0 Å². The lowest BCUT2D eigenvalue weighted by atomic mass is 10.4. The molecular formula is C12H23N5O. The van der Waals surface area contributed by atoms with E-state index in [0.29, 0.717) is 24.5 Å². The predicted molar refractivity (Wildman–Crippen MR) is 73.3 cm³/mol. The van der Waals surface area contributed by atoms with E-state index >= 15 is 0 Å². The van der Waals surface area contributed by atoms with Gasteiger partial charge in [-0.2, -0.15) is 15.0 Å². The monoisotopic (exact) mass is 253 g/mol. The molecule has 0 saturated heterocycles. The molecule has 1 aromatic heterocycles. The SMILES string of the molecule is CCCOc1nc(NCC)nc(N(C)CCC)n1. The lowest BCUT2D eigenvalue weighted by Crippen LogP contribution is -2.22. The van der Waals surface area contributed by atoms with Gasteiger partial charge < -0.3 is 15.0 Å². The minimum atomic E-state index is 0.390. The van der Waals surface area contributed by atoms with E-state index in [0.717, 1.165) is 25.9 Å². The summed E-state index contributed by atoms with van der Waals surface area (Å²) in [6.07, 6.45) is 1.98. The highest BCUT2D eigenvalue weighted by molar-refractivity contribution is 5.37. The third-order valence-electron chi connectivity index (χ3n) is 2.27. The van der Waals surface area contributed by atoms with Crippen molar-refractivity contribution >= 4 is 11.9 Å². The molecule has 0 bridgehead atoms. The number of hydrogen-bond acceptors (Lipinski definition) is 6. The number of ether oxygens (including phenoxy) is 1. The molecule has 0 aliphatic rings. The normalized spacial score (nSPS) is 10.2. The van der Waals surface area contributed by atoms with E-state index in [1.165, 1.54) is 0 Å². The van der Waals surface area contributed by atoms with Crippen molar-refractivity contribution in [2.75, 3.05) is 37.0 Å². The molecule has 0 aromatic carbocycles. The van der Waals surface area contributed by atoms with E-state index in [2.05, 4.69) is 34.1 Å². The summed E-state index contributed by atoms with van der Waals surface area (Å²) in [4.78, 5) is 14.9. The molecule has 1 N–H and O–H groups in total. The summed E-state index contributed by atoms with van der Waals surface area (Å²) in [5.74, 6) is 1.21. The van der Waals surface area contributed by atoms with Crippen LogP contribution in [0.2, 0.25) is 0 Å². The molecule has 0 aliphatic heterocycles. The zero-order valence-corrected chi connectivity index (χ0v) is 11.7. The molecular weight excluding hydrogens is 230 g/mol. The van der Waals surface area contributed by atoms with Gasteiger partial charge in [-0.05, 0) is 19.8 Å². The van der Waals surface area contributed by atoms with Crippen molar-refractivity contribution < 1.29 is 4.74 Å². The van der Waals surface area contributed by atoms with Crippen molar-refractivity contribution in [1.29, 1.82) is 0 Å². The fourth-order valence-electron chi connectivity index (χ4n) is 1.45. The van der Waals surface area contributed by atoms with Crippen molar-refractivity contribution in [3.63, 3.8) is 0 Å². The number of anilines is 2. The van der Waals surface area contributed by atoms with E-state index in [9.17, 15) is 0 Å². The minimum absolute atomic E-state index is 0.390. The molecule has 18 heavy (non-hydrogen) atoms. The van der Waals surface area contributed by atoms with Gasteiger partial charge in [-0.15, -0.1) is 0 Å². The molecule has 102 valence electrons. The van der Waals surface area contributed by atoms with Gasteiger partial charge in [0.1, 0.15) is 0 Å². The van der Waals surface area contributed by atoms with E-state index in [1.807, 2.05) is 18.9 Å². The predicted octanol–water partition coefficient (Wildman–Crippen LogP) is 1.94. The van der Waals surface area contributed by atoms with Gasteiger partial charge >= 0.3 is 6.01 Å². The summed E-state index contributed by atoms with van der Waals surface area (Å²) in [5, 5.41) is 3.09. The van der Waals surface area contributed by atoms with Crippen molar-refractivity contribution in [1.82, 2.24) is 15.0 Å². The highest BCUT2D eigenvalue weighted by Crippen LogP contribution is 2.14. The Bertz CT molecular complexity index is 358. The van der Waals surface area contributed by atoms with Crippen LogP contribution in [0, 0.1) is 0 Å². The fourth-order valence-corrected chi connectivity index (χ4v) is 1.45. The second-order valence-electron chi connectivity index (χ2n) is 4.04. The Kier molecular flexibility index (Phi) is 6.18. The summed E-state index contributed by atoms with van der Waals surface area (Å²) in [5.41, 5.74) is 0. The molecule has 0 fully saturated rings. The summed E-state index contributed by atoms with van der Waals surface area (Å²) >= 11 is 0. The summed E-state index contributed by atoms with van der Waals surface area (Å²) in [7, 11) is 1.97. The molecule has 0 unspecified atom stereocenters. The number of rotatable bonds is 8. The average molecular weight is 253 g/mol. The van der Waals surface area contributed by atoms with E-state index in [-0.39, 0.29) is 0 Å². The van der Waals surface area contributed by atoms with Crippen LogP contribution in [0.3, 0.4) is 0 Å². The molecule has 6 heteroatoms. The second kappa shape index (κ2) is 7.68. The quantitative estimate of drug-likeness (QED) is 0.764. The molecule has 0 saturated carbocycles. The summed E-state index contributed by atoms with van der Waals surface area (Å²) in [6.45, 7) is 8.48. The van der Waals surface area contributed by atoms with E-state index in [4.69, 9.17) is 4.74 Å². The third kappa shape index (κ3) is 4.35. The maximum absolute atomic E-state index is 5.48. The molecule has 1 aromatic rings. The van der Waals surface area contributed by atoms with Gasteiger partial charge in [-0.25, -0.2) is 0 Å². The van der Waals surface area contributed by atoms with E-state index in [1.54, 1.807) is 0 Å². The number of aromatic nitrogens is 3. The van der Waals surface area contributed by atoms with Gasteiger partial charge in [0.15, 0.2) is 0 Å². The molecule has 0 atom stereocenters. The van der Waals surface area contributed by atoms with Crippen molar-refractivity contribution in [3.05, 3.63) is 0 Å². The zero-order chi connectivity index (χ0) is 13.4. The Morgan fingerprint density at radius 3 is 2.50 bits per heavy atom. The van der Waals surface area contributed by atoms with Crippen molar-refractivity contribution in [3.8, 4) is 6.01 Å². The Morgan fingerprint density at radius 1 is 1.11 bits per heavy atom. The maximum atomic E-state index is 5.48. The zero-order valence-electron chi connectivity index (χ0n) is 11.7. The van der Waals surface area contributed by atoms with Crippen LogP contribution in [0.5, 0.6) is 6.01 Å². The molecule has 0 radical (unpaired) electrons. The van der Waals surface area contributed by atoms with E-state index < -0.39 is 0 Å². The second-order valence-corrected chi connectivity index (χ2v) is 4.04. The molecule has 0 aliphatic carbocycles. The topological polar surface area (TPSA) is 63.2 Å². The fraction of sp³-hybridized carbons (Fsp3) is 0.750. The lowest BCUT2D eigenvalue weighted by Gasteiger charge is -2.17. The Balaban J connectivity index is 2.89. The standard InChI is InChI=1S/C12H23N5O/c1-5-8-17(4)11-14-10(13-7-3)15-12(16-11)18-9-6-2/h5-9H2,1-4H3,(H,13,14,15,16). The first kappa shape index (κ1) is 14.5. The largest absolute Gasteiger partial charge is 0.463 e. The Labute approximate surface area is 109 Å². The van der Waals surface area contributed by atoms with Crippen molar-refractivity contribution in [2.45, 2.75) is 33.6 Å². The first-order valence-electron chi connectivity index (χ1n) is 6.55. The van der Waals surface area contributed by atoms with Crippen LogP contribution in [0.25, 0.3) is 0 Å². The first-order valence-corrected chi connectivity index (χ1v) is 6.55. The van der Waals surface area contributed by atoms with Gasteiger partial charge in [0.25, 0.3) is 0 Å². The summed E-state index contributed by atoms with van der Waals surface area (Å²) in [6, 6.07) is 0.390. The molecule has 0 spiro atoms. The van der Waals surface area contributed by atoms with Gasteiger partial charge in [0.2, 0.25) is 11.9 Å². The average Bonchev–Trinajstić information content (AvgIpc) is 2.37. The third-order valence-corrected chi connectivity index (χ3v) is 2.27. The Hall–Kier alpha value is -1.59. The minimum Gasteiger partial charge on any atom is -0.463 e. The van der Waals surface area contributed by atoms with Gasteiger partial charge in [0, 0.05) is 20.1 Å². The number of nitrogens with zero attached hydrogens (tertiary/aromatic N) is 4. The van der Waals surface area contributed by atoms with Gasteiger partial charge in [0.05, 0.1) is 6.61 Å². The Morgan fingerprint density at radius 2 is 1.89 bits per heavy atom. The maximum Gasteiger partial charge on any atom is 0.323 e. The smallest absolute Gasteiger partial charge is 0.323 e. The van der Waals surface area contributed by atoms with Crippen LogP contribution < -0.4 is 15.0 Å². The molecule has 1 rings (SSSR count). The highest BCUT2D eigenvalue weighted by atomic mass is 16.5. The lowest BCUT2D eigenvalue weighted by molar-refractivity contribution is 0.292. The van der Waals surface area contributed by atoms with Crippen LogP contribution in [0.15, 0.2) is 0 Å². The first-order chi connectivity index (χ1) is 8.71. The van der Waals surface area contributed by atoms with Crippen LogP contribution in [-0.2, 0) is 0 Å². The van der Waals surface area contributed by atoms with Crippen LogP contribution in [-0.4, -0.2) is 41.7 Å². The molecule has 0 amide bonds. The van der Waals surface area contributed by atoms with Gasteiger partial charge in [-0.3, -0.25) is 0 Å². The van der Waals surface area contributed by atoms with Gasteiger partial charge in [-0.1, -0.05) is 13.8 Å².